The highest BCUT2D eigenvalue weighted by molar-refractivity contribution is 6.76. The lowest BCUT2D eigenvalue weighted by atomic mass is 10.1. The molecule has 0 unspecified atom stereocenters. The van der Waals surface area contributed by atoms with Gasteiger partial charge in [-0.2, -0.15) is 0 Å². The highest BCUT2D eigenvalue weighted by Gasteiger charge is 2.15. The lowest BCUT2D eigenvalue weighted by Gasteiger charge is -2.15. The Labute approximate surface area is 156 Å². The van der Waals surface area contributed by atoms with Gasteiger partial charge >= 0.3 is 6.16 Å². The Morgan fingerprint density at radius 3 is 2.42 bits per heavy atom. The molecule has 2 aromatic rings. The normalized spacial score (nSPS) is 11.8. The van der Waals surface area contributed by atoms with E-state index in [-0.39, 0.29) is 0 Å². The fourth-order valence-corrected chi connectivity index (χ4v) is 3.03. The zero-order valence-electron chi connectivity index (χ0n) is 15.8. The minimum Gasteiger partial charge on any atom is -0.489 e. The Hall–Kier alpha value is -2.53. The summed E-state index contributed by atoms with van der Waals surface area (Å²) in [6, 6.07) is 18.4. The molecule has 138 valence electrons. The molecule has 0 N–H and O–H groups in total. The van der Waals surface area contributed by atoms with E-state index in [0.29, 0.717) is 12.4 Å². The van der Waals surface area contributed by atoms with Gasteiger partial charge in [0.05, 0.1) is 7.11 Å². The van der Waals surface area contributed by atoms with Gasteiger partial charge in [-0.3, -0.25) is 0 Å². The van der Waals surface area contributed by atoms with Gasteiger partial charge in [-0.1, -0.05) is 62.1 Å². The first-order valence-electron chi connectivity index (χ1n) is 8.60. The van der Waals surface area contributed by atoms with Crippen LogP contribution >= 0.6 is 0 Å². The molecule has 0 aromatic heterocycles. The number of allylic oxidation sites excluding steroid dienone is 1. The summed E-state index contributed by atoms with van der Waals surface area (Å²) in [4.78, 5) is 11.6. The van der Waals surface area contributed by atoms with Gasteiger partial charge in [-0.05, 0) is 29.8 Å². The molecule has 0 saturated heterocycles. The summed E-state index contributed by atoms with van der Waals surface area (Å²) in [5, 5.41) is 0. The van der Waals surface area contributed by atoms with Crippen LogP contribution in [-0.4, -0.2) is 21.3 Å². The maximum atomic E-state index is 11.6. The van der Waals surface area contributed by atoms with Gasteiger partial charge in [0, 0.05) is 13.6 Å². The topological polar surface area (TPSA) is 44.8 Å². The lowest BCUT2D eigenvalue weighted by Crippen LogP contribution is -2.18. The minimum absolute atomic E-state index is 0.482. The van der Waals surface area contributed by atoms with Gasteiger partial charge in [-0.15, -0.1) is 0 Å². The quantitative estimate of drug-likeness (QED) is 0.355. The summed E-state index contributed by atoms with van der Waals surface area (Å²) in [6.07, 6.45) is 1.25. The van der Waals surface area contributed by atoms with Gasteiger partial charge in [0.2, 0.25) is 0 Å². The molecule has 0 saturated carbocycles. The fourth-order valence-electron chi connectivity index (χ4n) is 2.23. The van der Waals surface area contributed by atoms with Crippen LogP contribution in [0.15, 0.2) is 60.7 Å². The largest absolute Gasteiger partial charge is 0.513 e. The molecule has 0 atom stereocenters. The van der Waals surface area contributed by atoms with Crippen LogP contribution in [0.1, 0.15) is 11.1 Å². The Bertz CT molecular complexity index is 748. The summed E-state index contributed by atoms with van der Waals surface area (Å²) >= 11 is 0. The van der Waals surface area contributed by atoms with E-state index in [1.807, 2.05) is 60.7 Å². The molecule has 0 aliphatic carbocycles. The van der Waals surface area contributed by atoms with Crippen molar-refractivity contribution in [2.75, 3.05) is 7.11 Å². The van der Waals surface area contributed by atoms with E-state index in [2.05, 4.69) is 24.4 Å². The highest BCUT2D eigenvalue weighted by atomic mass is 28.3. The SMILES string of the molecule is COC(=O)O/C(=C/C[Si](C)(C)C)c1cccc(OCc2ccccc2)c1. The van der Waals surface area contributed by atoms with Crippen molar-refractivity contribution in [2.45, 2.75) is 32.3 Å². The third-order valence-electron chi connectivity index (χ3n) is 3.63. The van der Waals surface area contributed by atoms with Crippen molar-refractivity contribution >= 4 is 20.0 Å². The summed E-state index contributed by atoms with van der Waals surface area (Å²) < 4.78 is 15.9. The summed E-state index contributed by atoms with van der Waals surface area (Å²) in [5.74, 6) is 1.23. The first-order valence-corrected chi connectivity index (χ1v) is 12.3. The second-order valence-electron chi connectivity index (χ2n) is 7.19. The van der Waals surface area contributed by atoms with Crippen LogP contribution in [0, 0.1) is 0 Å². The molecule has 0 fully saturated rings. The number of carbonyl (C=O) groups excluding carboxylic acids is 1. The molecule has 0 aliphatic heterocycles. The molecule has 4 nitrogen and oxygen atoms in total. The van der Waals surface area contributed by atoms with Crippen molar-refractivity contribution in [2.24, 2.45) is 0 Å². The van der Waals surface area contributed by atoms with Gasteiger partial charge in [-0.25, -0.2) is 4.79 Å². The molecule has 0 spiro atoms. The second-order valence-corrected chi connectivity index (χ2v) is 12.7. The molecule has 5 heteroatoms. The molecule has 0 amide bonds. The van der Waals surface area contributed by atoms with E-state index in [1.165, 1.54) is 7.11 Å². The molecule has 0 bridgehead atoms. The zero-order valence-corrected chi connectivity index (χ0v) is 16.8. The van der Waals surface area contributed by atoms with Crippen LogP contribution in [0.2, 0.25) is 25.7 Å². The minimum atomic E-state index is -1.33. The van der Waals surface area contributed by atoms with Crippen LogP contribution in [0.4, 0.5) is 4.79 Å². The number of hydrogen-bond acceptors (Lipinski definition) is 4. The van der Waals surface area contributed by atoms with Gasteiger partial charge in [0.25, 0.3) is 0 Å². The van der Waals surface area contributed by atoms with Crippen molar-refractivity contribution < 1.29 is 19.0 Å². The predicted octanol–water partition coefficient (Wildman–Crippen LogP) is 5.73. The van der Waals surface area contributed by atoms with Crippen molar-refractivity contribution in [3.63, 3.8) is 0 Å². The van der Waals surface area contributed by atoms with E-state index in [0.717, 1.165) is 22.9 Å². The Balaban J connectivity index is 2.17. The maximum Gasteiger partial charge on any atom is 0.513 e. The van der Waals surface area contributed by atoms with E-state index in [4.69, 9.17) is 9.47 Å². The molecule has 0 heterocycles. The predicted molar refractivity (Wildman–Crippen MR) is 107 cm³/mol. The first kappa shape index (κ1) is 19.8. The van der Waals surface area contributed by atoms with Gasteiger partial charge in [0.1, 0.15) is 18.1 Å². The zero-order chi connectivity index (χ0) is 19.0. The summed E-state index contributed by atoms with van der Waals surface area (Å²) in [7, 11) is -0.0233. The Morgan fingerprint density at radius 1 is 1.04 bits per heavy atom. The van der Waals surface area contributed by atoms with Gasteiger partial charge < -0.3 is 14.2 Å². The molecule has 0 radical (unpaired) electrons. The van der Waals surface area contributed by atoms with Crippen molar-refractivity contribution in [1.29, 1.82) is 0 Å². The third kappa shape index (κ3) is 6.76. The van der Waals surface area contributed by atoms with Crippen LogP contribution in [0.5, 0.6) is 5.75 Å². The number of hydrogen-bond donors (Lipinski definition) is 0. The third-order valence-corrected chi connectivity index (χ3v) is 5.06. The molecule has 0 aliphatic rings. The van der Waals surface area contributed by atoms with E-state index in [1.54, 1.807) is 0 Å². The number of ether oxygens (including phenoxy) is 3. The van der Waals surface area contributed by atoms with Crippen LogP contribution < -0.4 is 4.74 Å². The standard InChI is InChI=1S/C21H26O4Si/c1-23-21(22)25-20(13-14-26(2,3)4)18-11-8-12-19(15-18)24-16-17-9-6-5-7-10-17/h5-13,15H,14,16H2,1-4H3/b20-13+. The number of benzene rings is 2. The van der Waals surface area contributed by atoms with Gasteiger partial charge in [0.15, 0.2) is 0 Å². The fraction of sp³-hybridized carbons (Fsp3) is 0.286. The monoisotopic (exact) mass is 370 g/mol. The Morgan fingerprint density at radius 2 is 1.77 bits per heavy atom. The maximum absolute atomic E-state index is 11.6. The first-order chi connectivity index (χ1) is 12.4. The lowest BCUT2D eigenvalue weighted by molar-refractivity contribution is 0.112. The molecule has 26 heavy (non-hydrogen) atoms. The van der Waals surface area contributed by atoms with Crippen LogP contribution in [-0.2, 0) is 16.1 Å². The van der Waals surface area contributed by atoms with Crippen molar-refractivity contribution in [1.82, 2.24) is 0 Å². The second kappa shape index (κ2) is 9.24. The number of carbonyl (C=O) groups is 1. The number of methoxy groups -OCH3 is 1. The van der Waals surface area contributed by atoms with E-state index >= 15 is 0 Å². The van der Waals surface area contributed by atoms with Crippen molar-refractivity contribution in [3.8, 4) is 5.75 Å². The van der Waals surface area contributed by atoms with Crippen LogP contribution in [0.25, 0.3) is 5.76 Å². The molecule has 2 rings (SSSR count). The van der Waals surface area contributed by atoms with Crippen molar-refractivity contribution in [3.05, 3.63) is 71.8 Å². The summed E-state index contributed by atoms with van der Waals surface area (Å²) in [6.45, 7) is 7.27. The molecule has 2 aromatic carbocycles. The average molecular weight is 371 g/mol. The highest BCUT2D eigenvalue weighted by Crippen LogP contribution is 2.24. The smallest absolute Gasteiger partial charge is 0.489 e. The van der Waals surface area contributed by atoms with E-state index < -0.39 is 14.2 Å². The Kier molecular flexibility index (Phi) is 7.03. The van der Waals surface area contributed by atoms with Crippen LogP contribution in [0.3, 0.4) is 0 Å². The average Bonchev–Trinajstić information content (AvgIpc) is 2.63. The molecular weight excluding hydrogens is 344 g/mol. The summed E-state index contributed by atoms with van der Waals surface area (Å²) in [5.41, 5.74) is 1.89. The molecular formula is C21H26O4Si. The number of rotatable bonds is 7. The van der Waals surface area contributed by atoms with E-state index in [9.17, 15) is 4.79 Å².